The van der Waals surface area contributed by atoms with E-state index in [0.29, 0.717) is 23.6 Å². The molecule has 6 nitrogen and oxygen atoms in total. The number of imidazole rings is 1. The van der Waals surface area contributed by atoms with Gasteiger partial charge in [0, 0.05) is 19.6 Å². The minimum absolute atomic E-state index is 0.408. The van der Waals surface area contributed by atoms with Gasteiger partial charge < -0.3 is 15.2 Å². The highest BCUT2D eigenvalue weighted by atomic mass is 15.2. The van der Waals surface area contributed by atoms with Crippen molar-refractivity contribution in [1.82, 2.24) is 19.9 Å². The number of nitrogens with zero attached hydrogens (tertiary/aromatic N) is 4. The molecule has 0 bridgehead atoms. The molecule has 2 aromatic heterocycles. The van der Waals surface area contributed by atoms with Crippen molar-refractivity contribution in [3.8, 4) is 0 Å². The van der Waals surface area contributed by atoms with E-state index in [1.54, 1.807) is 6.33 Å². The molecule has 0 saturated carbocycles. The van der Waals surface area contributed by atoms with Crippen LogP contribution in [-0.2, 0) is 0 Å². The molecule has 0 amide bonds. The van der Waals surface area contributed by atoms with E-state index in [2.05, 4.69) is 64.9 Å². The van der Waals surface area contributed by atoms with E-state index < -0.39 is 0 Å². The van der Waals surface area contributed by atoms with Gasteiger partial charge in [-0.1, -0.05) is 20.8 Å². The van der Waals surface area contributed by atoms with Gasteiger partial charge in [0.2, 0.25) is 5.95 Å². The van der Waals surface area contributed by atoms with Crippen LogP contribution in [0.25, 0.3) is 11.2 Å². The van der Waals surface area contributed by atoms with Crippen molar-refractivity contribution in [1.29, 1.82) is 0 Å². The number of anilines is 2. The van der Waals surface area contributed by atoms with Crippen molar-refractivity contribution in [2.24, 2.45) is 5.92 Å². The predicted octanol–water partition coefficient (Wildman–Crippen LogP) is 3.05. The zero-order valence-corrected chi connectivity index (χ0v) is 13.6. The van der Waals surface area contributed by atoms with Crippen LogP contribution in [0.2, 0.25) is 0 Å². The monoisotopic (exact) mass is 290 g/mol. The van der Waals surface area contributed by atoms with E-state index in [4.69, 9.17) is 0 Å². The molecule has 6 heteroatoms. The summed E-state index contributed by atoms with van der Waals surface area (Å²) in [4.78, 5) is 18.8. The van der Waals surface area contributed by atoms with Crippen molar-refractivity contribution in [2.75, 3.05) is 23.8 Å². The molecule has 21 heavy (non-hydrogen) atoms. The van der Waals surface area contributed by atoms with Gasteiger partial charge in [0.1, 0.15) is 5.52 Å². The standard InChI is InChI=1S/C15H26N6/c1-6-7-16-15-19-13-12(17-9-18-13)14(20-15)21(5)11(4)8-10(2)3/h9-11H,6-8H2,1-5H3,(H2,16,17,18,19,20). The van der Waals surface area contributed by atoms with Crippen molar-refractivity contribution in [3.05, 3.63) is 6.33 Å². The quantitative estimate of drug-likeness (QED) is 0.820. The Morgan fingerprint density at radius 1 is 1.29 bits per heavy atom. The summed E-state index contributed by atoms with van der Waals surface area (Å²) >= 11 is 0. The Kier molecular flexibility index (Phi) is 4.98. The fraction of sp³-hybridized carbons (Fsp3) is 0.667. The number of hydrogen-bond donors (Lipinski definition) is 2. The second-order valence-electron chi connectivity index (χ2n) is 5.99. The van der Waals surface area contributed by atoms with Gasteiger partial charge in [0.25, 0.3) is 0 Å². The van der Waals surface area contributed by atoms with Crippen LogP contribution in [0.5, 0.6) is 0 Å². The molecule has 0 saturated heterocycles. The molecule has 0 aliphatic carbocycles. The number of aromatic amines is 1. The van der Waals surface area contributed by atoms with Gasteiger partial charge in [-0.25, -0.2) is 4.98 Å². The van der Waals surface area contributed by atoms with E-state index in [1.165, 1.54) is 0 Å². The van der Waals surface area contributed by atoms with E-state index in [1.807, 2.05) is 0 Å². The normalized spacial score (nSPS) is 12.9. The third-order valence-corrected chi connectivity index (χ3v) is 3.61. The van der Waals surface area contributed by atoms with Crippen LogP contribution in [0.4, 0.5) is 11.8 Å². The van der Waals surface area contributed by atoms with E-state index in [-0.39, 0.29) is 0 Å². The van der Waals surface area contributed by atoms with Crippen LogP contribution in [0.3, 0.4) is 0 Å². The third-order valence-electron chi connectivity index (χ3n) is 3.61. The molecule has 0 radical (unpaired) electrons. The highest BCUT2D eigenvalue weighted by Crippen LogP contribution is 2.25. The Morgan fingerprint density at radius 2 is 2.05 bits per heavy atom. The van der Waals surface area contributed by atoms with Gasteiger partial charge in [0.15, 0.2) is 11.5 Å². The first-order valence-corrected chi connectivity index (χ1v) is 7.70. The SMILES string of the molecule is CCCNc1nc(N(C)C(C)CC(C)C)c2[nH]cnc2n1. The topological polar surface area (TPSA) is 69.7 Å². The second-order valence-corrected chi connectivity index (χ2v) is 5.99. The first-order chi connectivity index (χ1) is 10.0. The van der Waals surface area contributed by atoms with Crippen LogP contribution in [0.15, 0.2) is 6.33 Å². The van der Waals surface area contributed by atoms with Gasteiger partial charge in [-0.2, -0.15) is 9.97 Å². The minimum Gasteiger partial charge on any atom is -0.355 e. The molecule has 2 aromatic rings. The van der Waals surface area contributed by atoms with E-state index >= 15 is 0 Å². The van der Waals surface area contributed by atoms with Crippen LogP contribution in [0, 0.1) is 5.92 Å². The Labute approximate surface area is 126 Å². The summed E-state index contributed by atoms with van der Waals surface area (Å²) in [5.41, 5.74) is 1.61. The molecule has 1 unspecified atom stereocenters. The van der Waals surface area contributed by atoms with Gasteiger partial charge in [-0.15, -0.1) is 0 Å². The van der Waals surface area contributed by atoms with E-state index in [0.717, 1.165) is 30.7 Å². The lowest BCUT2D eigenvalue weighted by Gasteiger charge is -2.27. The molecule has 2 N–H and O–H groups in total. The highest BCUT2D eigenvalue weighted by molar-refractivity contribution is 5.84. The zero-order chi connectivity index (χ0) is 15.4. The van der Waals surface area contributed by atoms with Crippen molar-refractivity contribution < 1.29 is 0 Å². The highest BCUT2D eigenvalue weighted by Gasteiger charge is 2.18. The third kappa shape index (κ3) is 3.62. The molecule has 0 aliphatic heterocycles. The summed E-state index contributed by atoms with van der Waals surface area (Å²) in [6.45, 7) is 9.69. The number of hydrogen-bond acceptors (Lipinski definition) is 5. The maximum atomic E-state index is 4.67. The molecule has 116 valence electrons. The van der Waals surface area contributed by atoms with Crippen LogP contribution < -0.4 is 10.2 Å². The van der Waals surface area contributed by atoms with Crippen LogP contribution in [0.1, 0.15) is 40.5 Å². The maximum Gasteiger partial charge on any atom is 0.226 e. The first-order valence-electron chi connectivity index (χ1n) is 7.70. The molecule has 0 aliphatic rings. The van der Waals surface area contributed by atoms with Gasteiger partial charge >= 0.3 is 0 Å². The predicted molar refractivity (Wildman–Crippen MR) is 87.8 cm³/mol. The number of aromatic nitrogens is 4. The van der Waals surface area contributed by atoms with Gasteiger partial charge in [0.05, 0.1) is 6.33 Å². The summed E-state index contributed by atoms with van der Waals surface area (Å²) in [5.74, 6) is 2.21. The number of fused-ring (bicyclic) bond motifs is 1. The smallest absolute Gasteiger partial charge is 0.226 e. The lowest BCUT2D eigenvalue weighted by Crippen LogP contribution is -2.31. The number of H-pyrrole nitrogens is 1. The minimum atomic E-state index is 0.408. The molecule has 0 spiro atoms. The summed E-state index contributed by atoms with van der Waals surface area (Å²) in [7, 11) is 2.08. The van der Waals surface area contributed by atoms with Crippen molar-refractivity contribution in [3.63, 3.8) is 0 Å². The number of rotatable bonds is 7. The zero-order valence-electron chi connectivity index (χ0n) is 13.6. The van der Waals surface area contributed by atoms with E-state index in [9.17, 15) is 0 Å². The Bertz CT molecular complexity index is 577. The first kappa shape index (κ1) is 15.5. The van der Waals surface area contributed by atoms with Crippen LogP contribution >= 0.6 is 0 Å². The van der Waals surface area contributed by atoms with Crippen molar-refractivity contribution >= 4 is 22.9 Å². The van der Waals surface area contributed by atoms with Gasteiger partial charge in [-0.05, 0) is 25.7 Å². The molecule has 0 aromatic carbocycles. The lowest BCUT2D eigenvalue weighted by molar-refractivity contribution is 0.502. The summed E-state index contributed by atoms with van der Waals surface area (Å²) in [6.07, 6.45) is 3.83. The lowest BCUT2D eigenvalue weighted by atomic mass is 10.0. The molecular weight excluding hydrogens is 264 g/mol. The summed E-state index contributed by atoms with van der Waals surface area (Å²) in [6, 6.07) is 0.408. The van der Waals surface area contributed by atoms with Crippen molar-refractivity contribution in [2.45, 2.75) is 46.6 Å². The van der Waals surface area contributed by atoms with Crippen LogP contribution in [-0.4, -0.2) is 39.6 Å². The largest absolute Gasteiger partial charge is 0.355 e. The number of nitrogens with one attached hydrogen (secondary N) is 2. The Balaban J connectivity index is 2.33. The fourth-order valence-corrected chi connectivity index (χ4v) is 2.44. The van der Waals surface area contributed by atoms with Gasteiger partial charge in [-0.3, -0.25) is 0 Å². The molecule has 2 heterocycles. The molecular formula is C15H26N6. The second kappa shape index (κ2) is 6.74. The fourth-order valence-electron chi connectivity index (χ4n) is 2.44. The molecule has 2 rings (SSSR count). The maximum absolute atomic E-state index is 4.67. The average Bonchev–Trinajstić information content (AvgIpc) is 2.90. The summed E-state index contributed by atoms with van der Waals surface area (Å²) < 4.78 is 0. The molecule has 1 atom stereocenters. The average molecular weight is 290 g/mol. The summed E-state index contributed by atoms with van der Waals surface area (Å²) in [5, 5.41) is 3.25. The Morgan fingerprint density at radius 3 is 2.71 bits per heavy atom. The Hall–Kier alpha value is -1.85. The molecule has 0 fully saturated rings.